The van der Waals surface area contributed by atoms with E-state index in [-0.39, 0.29) is 16.4 Å². The Morgan fingerprint density at radius 3 is 2.42 bits per heavy atom. The highest BCUT2D eigenvalue weighted by Crippen LogP contribution is 2.33. The maximum absolute atomic E-state index is 13.3. The Hall–Kier alpha value is -2.61. The van der Waals surface area contributed by atoms with Gasteiger partial charge in [-0.25, -0.2) is 4.39 Å². The Kier molecular flexibility index (Phi) is 5.86. The van der Waals surface area contributed by atoms with Gasteiger partial charge >= 0.3 is 6.18 Å². The number of carbonyl (C=O) groups excluding carboxylic acids is 2. The highest BCUT2D eigenvalue weighted by atomic mass is 35.5. The van der Waals surface area contributed by atoms with Gasteiger partial charge in [-0.2, -0.15) is 13.2 Å². The van der Waals surface area contributed by atoms with E-state index in [0.717, 1.165) is 23.1 Å². The minimum absolute atomic E-state index is 0.0912. The number of alkyl halides is 3. The standard InChI is InChI=1S/C17H13ClF4N2O2/c1-10(25)24(13-4-2-3-12(19)8-13)9-16(26)23-15-7-11(17(20,21)22)5-6-14(15)18/h2-8H,9H2,1H3,(H,23,26). The van der Waals surface area contributed by atoms with Crippen LogP contribution in [0.4, 0.5) is 28.9 Å². The van der Waals surface area contributed by atoms with Gasteiger partial charge in [0, 0.05) is 12.6 Å². The van der Waals surface area contributed by atoms with Crippen molar-refractivity contribution >= 4 is 34.8 Å². The minimum Gasteiger partial charge on any atom is -0.323 e. The van der Waals surface area contributed by atoms with Crippen molar-refractivity contribution in [2.24, 2.45) is 0 Å². The first-order valence-electron chi connectivity index (χ1n) is 7.28. The topological polar surface area (TPSA) is 49.4 Å². The van der Waals surface area contributed by atoms with Crippen molar-refractivity contribution in [2.75, 3.05) is 16.8 Å². The summed E-state index contributed by atoms with van der Waals surface area (Å²) in [6.45, 7) is 0.654. The molecule has 0 aliphatic heterocycles. The molecular weight excluding hydrogens is 376 g/mol. The molecule has 9 heteroatoms. The number of nitrogens with one attached hydrogen (secondary N) is 1. The zero-order valence-electron chi connectivity index (χ0n) is 13.4. The molecule has 26 heavy (non-hydrogen) atoms. The predicted molar refractivity (Wildman–Crippen MR) is 89.5 cm³/mol. The van der Waals surface area contributed by atoms with Crippen molar-refractivity contribution in [2.45, 2.75) is 13.1 Å². The maximum Gasteiger partial charge on any atom is 0.416 e. The molecule has 4 nitrogen and oxygen atoms in total. The summed E-state index contributed by atoms with van der Waals surface area (Å²) >= 11 is 5.82. The predicted octanol–water partition coefficient (Wildman–Crippen LogP) is 4.49. The number of amides is 2. The van der Waals surface area contributed by atoms with Gasteiger partial charge in [-0.1, -0.05) is 17.7 Å². The second-order valence-electron chi connectivity index (χ2n) is 5.33. The molecule has 0 fully saturated rings. The van der Waals surface area contributed by atoms with Crippen LogP contribution in [0, 0.1) is 5.82 Å². The molecule has 1 N–H and O–H groups in total. The van der Waals surface area contributed by atoms with Gasteiger partial charge in [0.25, 0.3) is 0 Å². The third-order valence-corrected chi connectivity index (χ3v) is 3.70. The van der Waals surface area contributed by atoms with Gasteiger partial charge in [-0.15, -0.1) is 0 Å². The Bertz CT molecular complexity index is 840. The number of nitrogens with zero attached hydrogens (tertiary/aromatic N) is 1. The monoisotopic (exact) mass is 388 g/mol. The molecule has 0 atom stereocenters. The number of anilines is 2. The lowest BCUT2D eigenvalue weighted by Crippen LogP contribution is -2.36. The third-order valence-electron chi connectivity index (χ3n) is 3.37. The molecule has 0 saturated heterocycles. The lowest BCUT2D eigenvalue weighted by Gasteiger charge is -2.21. The molecule has 2 aromatic rings. The number of hydrogen-bond donors (Lipinski definition) is 1. The fourth-order valence-electron chi connectivity index (χ4n) is 2.16. The molecule has 0 aromatic heterocycles. The molecular formula is C17H13ClF4N2O2. The van der Waals surface area contributed by atoms with Crippen molar-refractivity contribution in [3.63, 3.8) is 0 Å². The van der Waals surface area contributed by atoms with E-state index in [2.05, 4.69) is 5.32 Å². The molecule has 0 radical (unpaired) electrons. The molecule has 2 aromatic carbocycles. The summed E-state index contributed by atoms with van der Waals surface area (Å²) in [7, 11) is 0. The van der Waals surface area contributed by atoms with Gasteiger partial charge < -0.3 is 10.2 Å². The Labute approximate surface area is 151 Å². The van der Waals surface area contributed by atoms with E-state index in [1.54, 1.807) is 0 Å². The van der Waals surface area contributed by atoms with Crippen LogP contribution in [0.15, 0.2) is 42.5 Å². The smallest absolute Gasteiger partial charge is 0.323 e. The van der Waals surface area contributed by atoms with Gasteiger partial charge in [0.1, 0.15) is 12.4 Å². The largest absolute Gasteiger partial charge is 0.416 e. The van der Waals surface area contributed by atoms with Gasteiger partial charge in [0.2, 0.25) is 11.8 Å². The summed E-state index contributed by atoms with van der Waals surface area (Å²) in [4.78, 5) is 24.9. The Morgan fingerprint density at radius 1 is 1.15 bits per heavy atom. The summed E-state index contributed by atoms with van der Waals surface area (Å²) < 4.78 is 51.6. The van der Waals surface area contributed by atoms with Crippen LogP contribution < -0.4 is 10.2 Å². The second kappa shape index (κ2) is 7.74. The second-order valence-corrected chi connectivity index (χ2v) is 5.73. The molecule has 0 saturated carbocycles. The molecule has 138 valence electrons. The van der Waals surface area contributed by atoms with Crippen LogP contribution in [-0.2, 0) is 15.8 Å². The van der Waals surface area contributed by atoms with Crippen molar-refractivity contribution in [1.82, 2.24) is 0 Å². The number of rotatable bonds is 4. The summed E-state index contributed by atoms with van der Waals surface area (Å²) in [6, 6.07) is 7.51. The summed E-state index contributed by atoms with van der Waals surface area (Å²) in [6.07, 6.45) is -4.60. The van der Waals surface area contributed by atoms with Gasteiger partial charge in [-0.05, 0) is 36.4 Å². The van der Waals surface area contributed by atoms with Crippen molar-refractivity contribution in [3.05, 3.63) is 58.9 Å². The molecule has 0 aliphatic carbocycles. The fourth-order valence-corrected chi connectivity index (χ4v) is 2.32. The molecule has 0 aliphatic rings. The average molecular weight is 389 g/mol. The highest BCUT2D eigenvalue weighted by molar-refractivity contribution is 6.33. The normalized spacial score (nSPS) is 11.2. The summed E-state index contributed by atoms with van der Waals surface area (Å²) in [5.74, 6) is -1.93. The van der Waals surface area contributed by atoms with Crippen LogP contribution in [0.5, 0.6) is 0 Å². The first kappa shape index (κ1) is 19.7. The zero-order chi connectivity index (χ0) is 19.5. The number of halogens is 5. The van der Waals surface area contributed by atoms with Crippen LogP contribution in [0.25, 0.3) is 0 Å². The molecule has 0 heterocycles. The highest BCUT2D eigenvalue weighted by Gasteiger charge is 2.31. The van der Waals surface area contributed by atoms with Crippen molar-refractivity contribution in [1.29, 1.82) is 0 Å². The maximum atomic E-state index is 13.3. The number of carbonyl (C=O) groups is 2. The number of hydrogen-bond acceptors (Lipinski definition) is 2. The minimum atomic E-state index is -4.60. The fraction of sp³-hybridized carbons (Fsp3) is 0.176. The molecule has 2 rings (SSSR count). The molecule has 2 amide bonds. The van der Waals surface area contributed by atoms with Crippen LogP contribution in [0.1, 0.15) is 12.5 Å². The first-order chi connectivity index (χ1) is 12.1. The molecule has 0 unspecified atom stereocenters. The third kappa shape index (κ3) is 4.95. The summed E-state index contributed by atoms with van der Waals surface area (Å²) in [5, 5.41) is 2.14. The number of benzene rings is 2. The molecule has 0 bridgehead atoms. The van der Waals surface area contributed by atoms with E-state index in [0.29, 0.717) is 6.07 Å². The Balaban J connectivity index is 2.20. The van der Waals surface area contributed by atoms with Crippen LogP contribution >= 0.6 is 11.6 Å². The first-order valence-corrected chi connectivity index (χ1v) is 7.66. The lowest BCUT2D eigenvalue weighted by molar-refractivity contribution is -0.137. The van der Waals surface area contributed by atoms with E-state index >= 15 is 0 Å². The Morgan fingerprint density at radius 2 is 1.85 bits per heavy atom. The van der Waals surface area contributed by atoms with E-state index in [1.165, 1.54) is 25.1 Å². The van der Waals surface area contributed by atoms with Crippen LogP contribution in [0.2, 0.25) is 5.02 Å². The lowest BCUT2D eigenvalue weighted by atomic mass is 10.2. The van der Waals surface area contributed by atoms with E-state index in [9.17, 15) is 27.2 Å². The van der Waals surface area contributed by atoms with Crippen molar-refractivity contribution < 1.29 is 27.2 Å². The van der Waals surface area contributed by atoms with Gasteiger partial charge in [-0.3, -0.25) is 9.59 Å². The van der Waals surface area contributed by atoms with Crippen LogP contribution in [0.3, 0.4) is 0 Å². The quantitative estimate of drug-likeness (QED) is 0.784. The van der Waals surface area contributed by atoms with Crippen LogP contribution in [-0.4, -0.2) is 18.4 Å². The molecule has 0 spiro atoms. The average Bonchev–Trinajstić information content (AvgIpc) is 2.53. The van der Waals surface area contributed by atoms with Gasteiger partial charge in [0.05, 0.1) is 16.3 Å². The summed E-state index contributed by atoms with van der Waals surface area (Å²) in [5.41, 5.74) is -1.08. The SMILES string of the molecule is CC(=O)N(CC(=O)Nc1cc(C(F)(F)F)ccc1Cl)c1cccc(F)c1. The van der Waals surface area contributed by atoms with Crippen molar-refractivity contribution in [3.8, 4) is 0 Å². The van der Waals surface area contributed by atoms with E-state index < -0.39 is 35.9 Å². The van der Waals surface area contributed by atoms with E-state index in [4.69, 9.17) is 11.6 Å². The van der Waals surface area contributed by atoms with Gasteiger partial charge in [0.15, 0.2) is 0 Å². The van der Waals surface area contributed by atoms with E-state index in [1.807, 2.05) is 0 Å². The zero-order valence-corrected chi connectivity index (χ0v) is 14.2.